The molecule has 1 unspecified atom stereocenters. The fourth-order valence-corrected chi connectivity index (χ4v) is 1.90. The number of nitrogens with one attached hydrogen (secondary N) is 1. The molecule has 2 aromatic rings. The molecule has 0 aliphatic rings. The number of aryl methyl sites for hydroxylation is 1. The number of nitrogens with two attached hydrogens (primary N) is 1. The summed E-state index contributed by atoms with van der Waals surface area (Å²) in [6.45, 7) is 4.25. The Kier molecular flexibility index (Phi) is 4.39. The van der Waals surface area contributed by atoms with Crippen molar-refractivity contribution in [3.63, 3.8) is 0 Å². The zero-order valence-corrected chi connectivity index (χ0v) is 10.6. The molecule has 3 N–H and O–H groups in total. The average molecular weight is 239 g/mol. The number of fused-ring (bicyclic) bond motifs is 1. The van der Waals surface area contributed by atoms with Gasteiger partial charge in [0, 0.05) is 23.7 Å². The van der Waals surface area contributed by atoms with E-state index in [2.05, 4.69) is 43.1 Å². The summed E-state index contributed by atoms with van der Waals surface area (Å²) in [6.07, 6.45) is 1.96. The summed E-state index contributed by atoms with van der Waals surface area (Å²) in [5.74, 6) is 0. The minimum Gasteiger partial charge on any atom is -0.358 e. The Morgan fingerprint density at radius 2 is 2.12 bits per heavy atom. The van der Waals surface area contributed by atoms with Gasteiger partial charge in [-0.05, 0) is 30.4 Å². The molecule has 3 heteroatoms. The van der Waals surface area contributed by atoms with Crippen molar-refractivity contribution in [3.8, 4) is 0 Å². The topological polar surface area (TPSA) is 41.8 Å². The van der Waals surface area contributed by atoms with Crippen molar-refractivity contribution in [2.24, 2.45) is 5.73 Å². The van der Waals surface area contributed by atoms with E-state index < -0.39 is 0 Å². The normalized spacial score (nSPS) is 12.4. The number of H-pyrrole nitrogens is 1. The van der Waals surface area contributed by atoms with Gasteiger partial charge in [-0.15, -0.1) is 12.4 Å². The molecule has 0 amide bonds. The van der Waals surface area contributed by atoms with Gasteiger partial charge < -0.3 is 10.7 Å². The fraction of sp³-hybridized carbons (Fsp3) is 0.385. The maximum atomic E-state index is 5.94. The first-order valence-electron chi connectivity index (χ1n) is 5.53. The molecule has 0 saturated heterocycles. The van der Waals surface area contributed by atoms with Gasteiger partial charge in [-0.25, -0.2) is 0 Å². The van der Waals surface area contributed by atoms with Gasteiger partial charge in [-0.2, -0.15) is 0 Å². The van der Waals surface area contributed by atoms with Gasteiger partial charge in [0.2, 0.25) is 0 Å². The minimum absolute atomic E-state index is 0. The van der Waals surface area contributed by atoms with Crippen LogP contribution < -0.4 is 5.73 Å². The molecule has 2 nitrogen and oxygen atoms in total. The van der Waals surface area contributed by atoms with Crippen LogP contribution in [0.15, 0.2) is 24.3 Å². The summed E-state index contributed by atoms with van der Waals surface area (Å²) in [5, 5.41) is 1.29. The van der Waals surface area contributed by atoms with Crippen LogP contribution in [0, 0.1) is 6.92 Å². The number of hydrogen-bond donors (Lipinski definition) is 2. The Hall–Kier alpha value is -0.990. The fourth-order valence-electron chi connectivity index (χ4n) is 1.90. The van der Waals surface area contributed by atoms with Crippen LogP contribution >= 0.6 is 12.4 Å². The number of benzene rings is 1. The van der Waals surface area contributed by atoms with Gasteiger partial charge in [0.15, 0.2) is 0 Å². The molecule has 0 radical (unpaired) electrons. The lowest BCUT2D eigenvalue weighted by Gasteiger charge is -2.05. The van der Waals surface area contributed by atoms with Crippen LogP contribution in [0.1, 0.15) is 24.6 Å². The molecule has 1 atom stereocenters. The highest BCUT2D eigenvalue weighted by atomic mass is 35.5. The van der Waals surface area contributed by atoms with E-state index in [0.717, 1.165) is 12.8 Å². The predicted molar refractivity (Wildman–Crippen MR) is 72.3 cm³/mol. The van der Waals surface area contributed by atoms with E-state index >= 15 is 0 Å². The van der Waals surface area contributed by atoms with Crippen molar-refractivity contribution in [1.29, 1.82) is 0 Å². The number of hydrogen-bond acceptors (Lipinski definition) is 1. The van der Waals surface area contributed by atoms with Gasteiger partial charge in [-0.1, -0.05) is 25.1 Å². The van der Waals surface area contributed by atoms with E-state index in [1.807, 2.05) is 0 Å². The third kappa shape index (κ3) is 2.57. The molecule has 2 rings (SSSR count). The quantitative estimate of drug-likeness (QED) is 0.848. The zero-order valence-electron chi connectivity index (χ0n) is 9.79. The summed E-state index contributed by atoms with van der Waals surface area (Å²) in [4.78, 5) is 3.45. The third-order valence-electron chi connectivity index (χ3n) is 2.93. The molecule has 0 spiro atoms. The maximum Gasteiger partial charge on any atom is 0.0485 e. The number of aromatic nitrogens is 1. The minimum atomic E-state index is 0. The van der Waals surface area contributed by atoms with E-state index in [9.17, 15) is 0 Å². The highest BCUT2D eigenvalue weighted by Gasteiger charge is 2.05. The molecule has 1 aromatic carbocycles. The van der Waals surface area contributed by atoms with Crippen molar-refractivity contribution in [3.05, 3.63) is 35.5 Å². The van der Waals surface area contributed by atoms with E-state index in [0.29, 0.717) is 0 Å². The molecular formula is C13H19ClN2. The smallest absolute Gasteiger partial charge is 0.0485 e. The molecule has 0 fully saturated rings. The van der Waals surface area contributed by atoms with Gasteiger partial charge in [0.25, 0.3) is 0 Å². The second kappa shape index (κ2) is 5.37. The lowest BCUT2D eigenvalue weighted by atomic mass is 10.1. The lowest BCUT2D eigenvalue weighted by molar-refractivity contribution is 0.639. The van der Waals surface area contributed by atoms with Crippen LogP contribution in [-0.2, 0) is 6.42 Å². The Bertz CT molecular complexity index is 462. The summed E-state index contributed by atoms with van der Waals surface area (Å²) >= 11 is 0. The van der Waals surface area contributed by atoms with Gasteiger partial charge in [-0.3, -0.25) is 0 Å². The van der Waals surface area contributed by atoms with Crippen LogP contribution in [0.2, 0.25) is 0 Å². The molecule has 0 bridgehead atoms. The van der Waals surface area contributed by atoms with Crippen molar-refractivity contribution < 1.29 is 0 Å². The molecule has 1 aromatic heterocycles. The van der Waals surface area contributed by atoms with Crippen molar-refractivity contribution >= 4 is 23.3 Å². The number of halogens is 1. The average Bonchev–Trinajstić information content (AvgIpc) is 2.62. The molecule has 0 aliphatic carbocycles. The Balaban J connectivity index is 0.00000128. The van der Waals surface area contributed by atoms with E-state index in [-0.39, 0.29) is 18.4 Å². The zero-order chi connectivity index (χ0) is 10.8. The molecule has 88 valence electrons. The highest BCUT2D eigenvalue weighted by molar-refractivity contribution is 5.85. The number of para-hydroxylation sites is 1. The summed E-state index contributed by atoms with van der Waals surface area (Å²) in [5.41, 5.74) is 9.73. The van der Waals surface area contributed by atoms with Crippen molar-refractivity contribution in [2.75, 3.05) is 0 Å². The van der Waals surface area contributed by atoms with Crippen LogP contribution in [0.25, 0.3) is 10.9 Å². The number of rotatable bonds is 3. The second-order valence-electron chi connectivity index (χ2n) is 4.21. The van der Waals surface area contributed by atoms with Crippen molar-refractivity contribution in [2.45, 2.75) is 32.7 Å². The monoisotopic (exact) mass is 238 g/mol. The van der Waals surface area contributed by atoms with Gasteiger partial charge in [0.1, 0.15) is 0 Å². The lowest BCUT2D eigenvalue weighted by Crippen LogP contribution is -2.21. The van der Waals surface area contributed by atoms with Gasteiger partial charge in [0.05, 0.1) is 0 Å². The Labute approximate surface area is 103 Å². The molecular weight excluding hydrogens is 220 g/mol. The van der Waals surface area contributed by atoms with Gasteiger partial charge >= 0.3 is 0 Å². The first-order chi connectivity index (χ1) is 7.20. The predicted octanol–water partition coefficient (Wildman–Crippen LogP) is 3.18. The summed E-state index contributed by atoms with van der Waals surface area (Å²) in [6, 6.07) is 8.83. The summed E-state index contributed by atoms with van der Waals surface area (Å²) < 4.78 is 0. The second-order valence-corrected chi connectivity index (χ2v) is 4.21. The van der Waals surface area contributed by atoms with E-state index in [1.54, 1.807) is 0 Å². The van der Waals surface area contributed by atoms with Crippen LogP contribution in [0.4, 0.5) is 0 Å². The largest absolute Gasteiger partial charge is 0.358 e. The van der Waals surface area contributed by atoms with E-state index in [1.165, 1.54) is 22.2 Å². The summed E-state index contributed by atoms with van der Waals surface area (Å²) in [7, 11) is 0. The third-order valence-corrected chi connectivity index (χ3v) is 2.93. The molecule has 0 aliphatic heterocycles. The van der Waals surface area contributed by atoms with Crippen molar-refractivity contribution in [1.82, 2.24) is 4.98 Å². The SMILES string of the molecule is CCC(N)Cc1cc2cccc(C)c2[nH]1.Cl. The van der Waals surface area contributed by atoms with Crippen LogP contribution in [0.3, 0.4) is 0 Å². The maximum absolute atomic E-state index is 5.94. The molecule has 16 heavy (non-hydrogen) atoms. The highest BCUT2D eigenvalue weighted by Crippen LogP contribution is 2.19. The van der Waals surface area contributed by atoms with Crippen LogP contribution in [0.5, 0.6) is 0 Å². The Morgan fingerprint density at radius 1 is 1.38 bits per heavy atom. The molecule has 1 heterocycles. The van der Waals surface area contributed by atoms with E-state index in [4.69, 9.17) is 5.73 Å². The Morgan fingerprint density at radius 3 is 2.75 bits per heavy atom. The first kappa shape index (κ1) is 13.1. The molecule has 0 saturated carbocycles. The number of aromatic amines is 1. The first-order valence-corrected chi connectivity index (χ1v) is 5.53. The van der Waals surface area contributed by atoms with Crippen LogP contribution in [-0.4, -0.2) is 11.0 Å². The standard InChI is InChI=1S/C13H18N2.ClH/c1-3-11(14)8-12-7-10-6-4-5-9(2)13(10)15-12;/h4-7,11,15H,3,8,14H2,1-2H3;1H.